The van der Waals surface area contributed by atoms with Crippen molar-refractivity contribution in [3.63, 3.8) is 0 Å². The highest BCUT2D eigenvalue weighted by Crippen LogP contribution is 2.27. The molecule has 1 N–H and O–H groups in total. The molecule has 2 aliphatic heterocycles. The van der Waals surface area contributed by atoms with Crippen LogP contribution in [0.3, 0.4) is 0 Å². The topological polar surface area (TPSA) is 66.4 Å². The summed E-state index contributed by atoms with van der Waals surface area (Å²) < 4.78 is 5.47. The molecule has 0 bridgehead atoms. The predicted molar refractivity (Wildman–Crippen MR) is 101 cm³/mol. The average molecular weight is 354 g/mol. The zero-order valence-corrected chi connectivity index (χ0v) is 15.5. The van der Waals surface area contributed by atoms with Gasteiger partial charge in [0, 0.05) is 69.3 Å². The van der Waals surface area contributed by atoms with E-state index in [0.29, 0.717) is 6.04 Å². The summed E-state index contributed by atoms with van der Waals surface area (Å²) in [6.07, 6.45) is 3.60. The van der Waals surface area contributed by atoms with Gasteiger partial charge in [-0.1, -0.05) is 0 Å². The van der Waals surface area contributed by atoms with Gasteiger partial charge in [-0.25, -0.2) is 9.97 Å². The summed E-state index contributed by atoms with van der Waals surface area (Å²) in [4.78, 5) is 18.6. The van der Waals surface area contributed by atoms with Gasteiger partial charge in [-0.15, -0.1) is 0 Å². The second-order valence-corrected chi connectivity index (χ2v) is 7.02. The Hall–Kier alpha value is -2.09. The molecule has 0 aromatic carbocycles. The monoisotopic (exact) mass is 354 g/mol. The number of nitrogens with zero attached hydrogens (tertiary/aromatic N) is 5. The van der Waals surface area contributed by atoms with E-state index in [1.54, 1.807) is 6.20 Å². The molecule has 0 aliphatic carbocycles. The number of pyridine rings is 1. The Balaban J connectivity index is 1.59. The molecule has 2 aliphatic rings. The second kappa shape index (κ2) is 7.65. The molecule has 0 unspecified atom stereocenters. The van der Waals surface area contributed by atoms with Gasteiger partial charge in [0.05, 0.1) is 18.9 Å². The number of anilines is 1. The largest absolute Gasteiger partial charge is 0.379 e. The third-order valence-electron chi connectivity index (χ3n) is 5.15. The second-order valence-electron chi connectivity index (χ2n) is 7.02. The summed E-state index contributed by atoms with van der Waals surface area (Å²) in [6.45, 7) is 8.48. The highest BCUT2D eigenvalue weighted by atomic mass is 16.5. The van der Waals surface area contributed by atoms with Crippen molar-refractivity contribution in [1.82, 2.24) is 25.2 Å². The van der Waals surface area contributed by atoms with Gasteiger partial charge in [0.15, 0.2) is 5.82 Å². The van der Waals surface area contributed by atoms with E-state index in [4.69, 9.17) is 14.7 Å². The molecule has 0 radical (unpaired) electrons. The van der Waals surface area contributed by atoms with Crippen LogP contribution in [0.4, 0.5) is 5.82 Å². The summed E-state index contributed by atoms with van der Waals surface area (Å²) in [5.41, 5.74) is 3.27. The number of aromatic nitrogens is 3. The van der Waals surface area contributed by atoms with Crippen molar-refractivity contribution in [2.45, 2.75) is 26.1 Å². The quantitative estimate of drug-likeness (QED) is 0.868. The molecule has 26 heavy (non-hydrogen) atoms. The molecule has 1 atom stereocenters. The van der Waals surface area contributed by atoms with Crippen molar-refractivity contribution in [1.29, 1.82) is 0 Å². The smallest absolute Gasteiger partial charge is 0.163 e. The molecule has 2 aromatic rings. The van der Waals surface area contributed by atoms with Gasteiger partial charge in [-0.2, -0.15) is 0 Å². The van der Waals surface area contributed by atoms with Crippen molar-refractivity contribution >= 4 is 5.82 Å². The van der Waals surface area contributed by atoms with Crippen molar-refractivity contribution in [2.24, 2.45) is 0 Å². The highest BCUT2D eigenvalue weighted by molar-refractivity contribution is 5.60. The summed E-state index contributed by atoms with van der Waals surface area (Å²) in [6, 6.07) is 4.39. The minimum atomic E-state index is 0.450. The molecule has 1 saturated heterocycles. The fourth-order valence-corrected chi connectivity index (χ4v) is 3.71. The Bertz CT molecular complexity index is 747. The van der Waals surface area contributed by atoms with Crippen molar-refractivity contribution < 1.29 is 4.74 Å². The number of morpholine rings is 1. The lowest BCUT2D eigenvalue weighted by Crippen LogP contribution is -2.47. The minimum absolute atomic E-state index is 0.450. The molecule has 2 aromatic heterocycles. The van der Waals surface area contributed by atoms with E-state index in [1.165, 1.54) is 5.56 Å². The van der Waals surface area contributed by atoms with Gasteiger partial charge in [0.1, 0.15) is 5.82 Å². The average Bonchev–Trinajstić information content (AvgIpc) is 3.17. The van der Waals surface area contributed by atoms with Gasteiger partial charge >= 0.3 is 0 Å². The molecule has 4 rings (SSSR count). The molecule has 4 heterocycles. The van der Waals surface area contributed by atoms with Crippen molar-refractivity contribution in [2.75, 3.05) is 44.8 Å². The van der Waals surface area contributed by atoms with E-state index in [9.17, 15) is 0 Å². The van der Waals surface area contributed by atoms with E-state index >= 15 is 0 Å². The van der Waals surface area contributed by atoms with Crippen molar-refractivity contribution in [3.05, 3.63) is 35.8 Å². The molecule has 0 saturated carbocycles. The maximum absolute atomic E-state index is 5.47. The van der Waals surface area contributed by atoms with Crippen LogP contribution in [-0.2, 0) is 17.8 Å². The first-order valence-corrected chi connectivity index (χ1v) is 9.26. The Morgan fingerprint density at radius 1 is 1.27 bits per heavy atom. The van der Waals surface area contributed by atoms with Gasteiger partial charge in [-0.05, 0) is 19.1 Å². The number of fused-ring (bicyclic) bond motifs is 1. The van der Waals surface area contributed by atoms with Gasteiger partial charge in [0.2, 0.25) is 0 Å². The summed E-state index contributed by atoms with van der Waals surface area (Å²) in [7, 11) is 2.13. The van der Waals surface area contributed by atoms with Gasteiger partial charge in [-0.3, -0.25) is 9.88 Å². The van der Waals surface area contributed by atoms with Crippen LogP contribution in [0.1, 0.15) is 18.2 Å². The van der Waals surface area contributed by atoms with Crippen LogP contribution in [-0.4, -0.2) is 65.8 Å². The third-order valence-corrected chi connectivity index (χ3v) is 5.15. The van der Waals surface area contributed by atoms with Gasteiger partial charge < -0.3 is 15.0 Å². The maximum atomic E-state index is 5.47. The fraction of sp³-hybridized carbons (Fsp3) is 0.526. The van der Waals surface area contributed by atoms with Crippen LogP contribution in [0, 0.1) is 0 Å². The van der Waals surface area contributed by atoms with Crippen molar-refractivity contribution in [3.8, 4) is 11.4 Å². The molecule has 0 spiro atoms. The Morgan fingerprint density at radius 2 is 2.12 bits per heavy atom. The molecule has 1 fully saturated rings. The lowest BCUT2D eigenvalue weighted by molar-refractivity contribution is 0.0217. The van der Waals surface area contributed by atoms with Crippen LogP contribution in [0.15, 0.2) is 24.5 Å². The molecule has 7 heteroatoms. The van der Waals surface area contributed by atoms with E-state index in [-0.39, 0.29) is 0 Å². The molecular weight excluding hydrogens is 328 g/mol. The zero-order chi connectivity index (χ0) is 17.9. The van der Waals surface area contributed by atoms with Crippen LogP contribution < -0.4 is 10.2 Å². The normalized spacial score (nSPS) is 18.5. The SMILES string of the molecule is C[C@@H](CN(C)c1nc(-c2cccnc2)nc2c1CNC2)N1CCOCC1. The summed E-state index contributed by atoms with van der Waals surface area (Å²) >= 11 is 0. The minimum Gasteiger partial charge on any atom is -0.379 e. The van der Waals surface area contributed by atoms with E-state index in [0.717, 1.165) is 68.8 Å². The van der Waals surface area contributed by atoms with Gasteiger partial charge in [0.25, 0.3) is 0 Å². The Morgan fingerprint density at radius 3 is 2.88 bits per heavy atom. The van der Waals surface area contributed by atoms with E-state index in [2.05, 4.69) is 34.1 Å². The van der Waals surface area contributed by atoms with Crippen LogP contribution in [0.5, 0.6) is 0 Å². The standard InChI is InChI=1S/C19H26N6O/c1-14(25-6-8-26-9-7-25)13-24(2)19-16-11-21-12-17(16)22-18(23-19)15-4-3-5-20-10-15/h3-5,10,14,21H,6-9,11-13H2,1-2H3/t14-/m0/s1. The number of likely N-dealkylation sites (N-methyl/N-ethyl adjacent to an activating group) is 1. The zero-order valence-electron chi connectivity index (χ0n) is 15.5. The molecule has 7 nitrogen and oxygen atoms in total. The molecular formula is C19H26N6O. The summed E-state index contributed by atoms with van der Waals surface area (Å²) in [5.74, 6) is 1.78. The number of hydrogen-bond donors (Lipinski definition) is 1. The predicted octanol–water partition coefficient (Wildman–Crippen LogP) is 1.30. The third kappa shape index (κ3) is 3.56. The Labute approximate surface area is 154 Å². The Kier molecular flexibility index (Phi) is 5.10. The first kappa shape index (κ1) is 17.3. The fourth-order valence-electron chi connectivity index (χ4n) is 3.71. The number of rotatable bonds is 5. The van der Waals surface area contributed by atoms with Crippen LogP contribution in [0.25, 0.3) is 11.4 Å². The van der Waals surface area contributed by atoms with Crippen LogP contribution >= 0.6 is 0 Å². The highest BCUT2D eigenvalue weighted by Gasteiger charge is 2.24. The van der Waals surface area contributed by atoms with Crippen LogP contribution in [0.2, 0.25) is 0 Å². The molecule has 138 valence electrons. The first-order chi connectivity index (χ1) is 12.7. The first-order valence-electron chi connectivity index (χ1n) is 9.26. The lowest BCUT2D eigenvalue weighted by atomic mass is 10.2. The molecule has 0 amide bonds. The lowest BCUT2D eigenvalue weighted by Gasteiger charge is -2.35. The number of hydrogen-bond acceptors (Lipinski definition) is 7. The maximum Gasteiger partial charge on any atom is 0.163 e. The van der Waals surface area contributed by atoms with E-state index < -0.39 is 0 Å². The summed E-state index contributed by atoms with van der Waals surface area (Å²) in [5, 5.41) is 3.41. The number of nitrogens with one attached hydrogen (secondary N) is 1. The van der Waals surface area contributed by atoms with E-state index in [1.807, 2.05) is 18.3 Å². The number of ether oxygens (including phenoxy) is 1.